The summed E-state index contributed by atoms with van der Waals surface area (Å²) in [5.74, 6) is -3.75. The molecule has 1 saturated heterocycles. The van der Waals surface area contributed by atoms with Crippen LogP contribution in [0.2, 0.25) is 0 Å². The fourth-order valence-electron chi connectivity index (χ4n) is 3.67. The Morgan fingerprint density at radius 3 is 2.11 bits per heavy atom. The van der Waals surface area contributed by atoms with E-state index < -0.39 is 29.6 Å². The molecule has 1 unspecified atom stereocenters. The Balaban J connectivity index is 1.50. The van der Waals surface area contributed by atoms with Crippen LogP contribution < -0.4 is 4.90 Å². The van der Waals surface area contributed by atoms with Crippen LogP contribution in [0.25, 0.3) is 0 Å². The van der Waals surface area contributed by atoms with E-state index in [1.54, 1.807) is 12.1 Å². The molecule has 1 atom stereocenters. The van der Waals surface area contributed by atoms with Gasteiger partial charge in [0.2, 0.25) is 5.91 Å². The number of fused-ring (bicyclic) bond motifs is 1. The smallest absolute Gasteiger partial charge is 0.329 e. The Morgan fingerprint density at radius 1 is 0.964 bits per heavy atom. The lowest BCUT2D eigenvalue weighted by Gasteiger charge is -2.18. The molecule has 3 amide bonds. The van der Waals surface area contributed by atoms with Gasteiger partial charge >= 0.3 is 5.97 Å². The fourth-order valence-corrected chi connectivity index (χ4v) is 3.67. The molecule has 0 N–H and O–H groups in total. The Labute approximate surface area is 161 Å². The van der Waals surface area contributed by atoms with Crippen molar-refractivity contribution in [3.8, 4) is 0 Å². The molecular formula is C21H18N2O5. The molecule has 0 saturated carbocycles. The van der Waals surface area contributed by atoms with Gasteiger partial charge in [0.1, 0.15) is 5.92 Å². The largest absolute Gasteiger partial charge is 0.345 e. The molecule has 7 nitrogen and oxygen atoms in total. The van der Waals surface area contributed by atoms with E-state index in [1.165, 1.54) is 17.0 Å². The molecule has 2 aliphatic heterocycles. The Bertz CT molecular complexity index is 974. The van der Waals surface area contributed by atoms with Crippen molar-refractivity contribution in [2.45, 2.75) is 20.3 Å². The molecular weight excluding hydrogens is 360 g/mol. The predicted molar refractivity (Wildman–Crippen MR) is 99.4 cm³/mol. The van der Waals surface area contributed by atoms with Crippen molar-refractivity contribution >= 4 is 29.4 Å². The van der Waals surface area contributed by atoms with Gasteiger partial charge in [-0.2, -0.15) is 0 Å². The molecule has 1 fully saturated rings. The van der Waals surface area contributed by atoms with E-state index in [-0.39, 0.29) is 17.5 Å². The minimum atomic E-state index is -1.05. The van der Waals surface area contributed by atoms with Gasteiger partial charge in [-0.15, -0.1) is 0 Å². The summed E-state index contributed by atoms with van der Waals surface area (Å²) >= 11 is 0. The Kier molecular flexibility index (Phi) is 4.22. The van der Waals surface area contributed by atoms with E-state index in [4.69, 9.17) is 4.84 Å². The van der Waals surface area contributed by atoms with Crippen LogP contribution in [0.4, 0.5) is 5.69 Å². The van der Waals surface area contributed by atoms with Crippen LogP contribution in [0.15, 0.2) is 42.5 Å². The summed E-state index contributed by atoms with van der Waals surface area (Å²) in [6.45, 7) is 4.24. The molecule has 7 heteroatoms. The quantitative estimate of drug-likeness (QED) is 0.605. The van der Waals surface area contributed by atoms with E-state index >= 15 is 0 Å². The molecule has 2 aromatic carbocycles. The standard InChI is InChI=1S/C21H18N2O5/c1-12-9-13(2)11-14(10-12)22-8-7-17(18(22)24)21(27)28-23-19(25)15-5-3-4-6-16(15)20(23)26/h3-6,9-11,17H,7-8H2,1-2H3. The monoisotopic (exact) mass is 378 g/mol. The van der Waals surface area contributed by atoms with E-state index in [2.05, 4.69) is 0 Å². The number of hydroxylamine groups is 2. The lowest BCUT2D eigenvalue weighted by Crippen LogP contribution is -2.38. The average Bonchev–Trinajstić information content (AvgIpc) is 3.15. The number of aryl methyl sites for hydroxylation is 2. The molecule has 4 rings (SSSR count). The summed E-state index contributed by atoms with van der Waals surface area (Å²) < 4.78 is 0. The van der Waals surface area contributed by atoms with Crippen LogP contribution in [0.1, 0.15) is 38.3 Å². The van der Waals surface area contributed by atoms with Gasteiger partial charge in [-0.3, -0.25) is 14.4 Å². The van der Waals surface area contributed by atoms with Gasteiger partial charge < -0.3 is 9.74 Å². The van der Waals surface area contributed by atoms with Crippen molar-refractivity contribution in [3.05, 3.63) is 64.7 Å². The first kappa shape index (κ1) is 17.9. The van der Waals surface area contributed by atoms with Crippen LogP contribution in [-0.4, -0.2) is 35.3 Å². The van der Waals surface area contributed by atoms with Gasteiger partial charge in [-0.1, -0.05) is 23.3 Å². The molecule has 0 bridgehead atoms. The number of hydrogen-bond donors (Lipinski definition) is 0. The van der Waals surface area contributed by atoms with E-state index in [1.807, 2.05) is 32.0 Å². The number of nitrogens with zero attached hydrogens (tertiary/aromatic N) is 2. The molecule has 28 heavy (non-hydrogen) atoms. The number of anilines is 1. The first-order chi connectivity index (χ1) is 13.4. The van der Waals surface area contributed by atoms with Gasteiger partial charge in [0.15, 0.2) is 0 Å². The molecule has 0 spiro atoms. The second kappa shape index (κ2) is 6.60. The molecule has 0 radical (unpaired) electrons. The molecule has 2 aliphatic rings. The van der Waals surface area contributed by atoms with Crippen molar-refractivity contribution in [3.63, 3.8) is 0 Å². The summed E-state index contributed by atoms with van der Waals surface area (Å²) in [6, 6.07) is 12.0. The third kappa shape index (κ3) is 2.85. The van der Waals surface area contributed by atoms with Gasteiger partial charge in [0.25, 0.3) is 11.8 Å². The van der Waals surface area contributed by atoms with Gasteiger partial charge in [-0.05, 0) is 55.7 Å². The normalized spacial score (nSPS) is 18.6. The van der Waals surface area contributed by atoms with Crippen molar-refractivity contribution in [1.82, 2.24) is 5.06 Å². The van der Waals surface area contributed by atoms with Gasteiger partial charge in [-0.25, -0.2) is 4.79 Å². The van der Waals surface area contributed by atoms with E-state index in [0.717, 1.165) is 16.8 Å². The lowest BCUT2D eigenvalue weighted by atomic mass is 10.1. The van der Waals surface area contributed by atoms with Crippen LogP contribution in [0.5, 0.6) is 0 Å². The number of benzene rings is 2. The highest BCUT2D eigenvalue weighted by atomic mass is 16.7. The summed E-state index contributed by atoms with van der Waals surface area (Å²) in [5.41, 5.74) is 3.10. The molecule has 0 aromatic heterocycles. The van der Waals surface area contributed by atoms with Crippen LogP contribution in [0.3, 0.4) is 0 Å². The minimum Gasteiger partial charge on any atom is -0.329 e. The zero-order valence-electron chi connectivity index (χ0n) is 15.5. The van der Waals surface area contributed by atoms with Gasteiger partial charge in [0, 0.05) is 12.2 Å². The Hall–Kier alpha value is -3.48. The van der Waals surface area contributed by atoms with Crippen molar-refractivity contribution in [1.29, 1.82) is 0 Å². The maximum Gasteiger partial charge on any atom is 0.345 e. The molecule has 142 valence electrons. The number of imide groups is 1. The highest BCUT2D eigenvalue weighted by Crippen LogP contribution is 2.29. The number of hydrogen-bond acceptors (Lipinski definition) is 5. The van der Waals surface area contributed by atoms with Crippen LogP contribution in [-0.2, 0) is 14.4 Å². The predicted octanol–water partition coefficient (Wildman–Crippen LogP) is 2.41. The number of rotatable bonds is 3. The van der Waals surface area contributed by atoms with Crippen molar-refractivity contribution < 1.29 is 24.0 Å². The Morgan fingerprint density at radius 2 is 1.54 bits per heavy atom. The highest BCUT2D eigenvalue weighted by molar-refractivity contribution is 6.21. The topological polar surface area (TPSA) is 84.0 Å². The number of carbonyl (C=O) groups excluding carboxylic acids is 4. The van der Waals surface area contributed by atoms with E-state index in [9.17, 15) is 19.2 Å². The molecule has 2 aromatic rings. The second-order valence-electron chi connectivity index (χ2n) is 7.04. The number of carbonyl (C=O) groups is 4. The summed E-state index contributed by atoms with van der Waals surface area (Å²) in [5, 5.41) is 0.444. The minimum absolute atomic E-state index is 0.176. The third-order valence-corrected chi connectivity index (χ3v) is 4.95. The summed E-state index contributed by atoms with van der Waals surface area (Å²) in [7, 11) is 0. The number of amides is 3. The van der Waals surface area contributed by atoms with E-state index in [0.29, 0.717) is 11.6 Å². The lowest BCUT2D eigenvalue weighted by molar-refractivity contribution is -0.174. The molecule has 0 aliphatic carbocycles. The SMILES string of the molecule is Cc1cc(C)cc(N2CCC(C(=O)ON3C(=O)c4ccccc4C3=O)C2=O)c1. The summed E-state index contributed by atoms with van der Waals surface area (Å²) in [4.78, 5) is 56.6. The third-order valence-electron chi connectivity index (χ3n) is 4.95. The summed E-state index contributed by atoms with van der Waals surface area (Å²) in [6.07, 6.45) is 0.258. The zero-order chi connectivity index (χ0) is 20.0. The highest BCUT2D eigenvalue weighted by Gasteiger charge is 2.44. The second-order valence-corrected chi connectivity index (χ2v) is 7.04. The van der Waals surface area contributed by atoms with Crippen LogP contribution >= 0.6 is 0 Å². The molecule has 2 heterocycles. The van der Waals surface area contributed by atoms with Crippen LogP contribution in [0, 0.1) is 19.8 Å². The maximum atomic E-state index is 12.8. The first-order valence-corrected chi connectivity index (χ1v) is 8.96. The zero-order valence-corrected chi connectivity index (χ0v) is 15.5. The fraction of sp³-hybridized carbons (Fsp3) is 0.238. The average molecular weight is 378 g/mol. The van der Waals surface area contributed by atoms with Crippen molar-refractivity contribution in [2.75, 3.05) is 11.4 Å². The first-order valence-electron chi connectivity index (χ1n) is 8.96. The van der Waals surface area contributed by atoms with Crippen molar-refractivity contribution in [2.24, 2.45) is 5.92 Å². The maximum absolute atomic E-state index is 12.8. The van der Waals surface area contributed by atoms with Gasteiger partial charge in [0.05, 0.1) is 11.1 Å².